The predicted octanol–water partition coefficient (Wildman–Crippen LogP) is -0.538. The predicted molar refractivity (Wildman–Crippen MR) is 67.8 cm³/mol. The fraction of sp³-hybridized carbons (Fsp3) is 0.917. The number of aliphatic hydroxyl groups is 1. The van der Waals surface area contributed by atoms with E-state index in [9.17, 15) is 9.90 Å². The Kier molecular flexibility index (Phi) is 5.36. The molecule has 0 saturated carbocycles. The maximum Gasteiger partial charge on any atom is 0.242 e. The first-order valence-electron chi connectivity index (χ1n) is 6.23. The molecule has 0 radical (unpaired) electrons. The number of carbonyl (C=O) groups is 1. The molecule has 1 saturated heterocycles. The van der Waals surface area contributed by atoms with Gasteiger partial charge in [0.1, 0.15) is 6.04 Å². The van der Waals surface area contributed by atoms with Gasteiger partial charge in [-0.3, -0.25) is 9.69 Å². The third-order valence-electron chi connectivity index (χ3n) is 3.58. The quantitative estimate of drug-likeness (QED) is 0.720. The topological polar surface area (TPSA) is 47.0 Å². The van der Waals surface area contributed by atoms with E-state index in [4.69, 9.17) is 0 Å². The Hall–Kier alpha value is -0.650. The first kappa shape index (κ1) is 14.4. The molecule has 1 aliphatic rings. The lowest BCUT2D eigenvalue weighted by molar-refractivity contribution is -0.136. The van der Waals surface area contributed by atoms with Crippen molar-refractivity contribution in [3.8, 4) is 0 Å². The lowest BCUT2D eigenvalue weighted by Crippen LogP contribution is -2.49. The number of amides is 1. The fourth-order valence-corrected chi connectivity index (χ4v) is 2.10. The van der Waals surface area contributed by atoms with Gasteiger partial charge in [0.25, 0.3) is 0 Å². The monoisotopic (exact) mass is 243 g/mol. The number of hydrogen-bond acceptors (Lipinski definition) is 4. The fourth-order valence-electron chi connectivity index (χ4n) is 2.10. The third-order valence-corrected chi connectivity index (χ3v) is 3.58. The molecule has 1 heterocycles. The van der Waals surface area contributed by atoms with Crippen LogP contribution in [0.5, 0.6) is 0 Å². The molecule has 100 valence electrons. The van der Waals surface area contributed by atoms with Crippen LogP contribution in [-0.4, -0.2) is 85.2 Å². The van der Waals surface area contributed by atoms with Gasteiger partial charge >= 0.3 is 0 Å². The van der Waals surface area contributed by atoms with Gasteiger partial charge in [-0.05, 0) is 27.4 Å². The van der Waals surface area contributed by atoms with Crippen LogP contribution in [0.25, 0.3) is 0 Å². The lowest BCUT2D eigenvalue weighted by Gasteiger charge is -2.29. The second-order valence-corrected chi connectivity index (χ2v) is 5.12. The zero-order valence-corrected chi connectivity index (χ0v) is 11.4. The van der Waals surface area contributed by atoms with Crippen LogP contribution in [-0.2, 0) is 4.79 Å². The van der Waals surface area contributed by atoms with Gasteiger partial charge in [0.15, 0.2) is 0 Å². The van der Waals surface area contributed by atoms with Gasteiger partial charge < -0.3 is 14.9 Å². The summed E-state index contributed by atoms with van der Waals surface area (Å²) in [5.41, 5.74) is 0. The molecule has 0 aromatic heterocycles. The van der Waals surface area contributed by atoms with Gasteiger partial charge in [0.2, 0.25) is 5.91 Å². The molecule has 5 nitrogen and oxygen atoms in total. The highest BCUT2D eigenvalue weighted by Gasteiger charge is 2.33. The van der Waals surface area contributed by atoms with Gasteiger partial charge in [-0.2, -0.15) is 0 Å². The van der Waals surface area contributed by atoms with Gasteiger partial charge in [-0.1, -0.05) is 0 Å². The smallest absolute Gasteiger partial charge is 0.242 e. The van der Waals surface area contributed by atoms with E-state index in [1.165, 1.54) is 0 Å². The third kappa shape index (κ3) is 3.66. The first-order chi connectivity index (χ1) is 7.97. The summed E-state index contributed by atoms with van der Waals surface area (Å²) in [6.07, 6.45) is 0.964. The Labute approximate surface area is 104 Å². The highest BCUT2D eigenvalue weighted by Crippen LogP contribution is 2.14. The molecule has 0 aliphatic carbocycles. The van der Waals surface area contributed by atoms with Crippen molar-refractivity contribution in [3.05, 3.63) is 0 Å². The molecule has 2 atom stereocenters. The molecule has 1 rings (SSSR count). The highest BCUT2D eigenvalue weighted by atomic mass is 16.3. The van der Waals surface area contributed by atoms with Gasteiger partial charge in [0.05, 0.1) is 6.61 Å². The maximum absolute atomic E-state index is 12.2. The van der Waals surface area contributed by atoms with E-state index >= 15 is 0 Å². The SMILES string of the molecule is CC1CCN(CCN(C)C)C(CO)C(=O)N1C. The van der Waals surface area contributed by atoms with Crippen LogP contribution in [0.15, 0.2) is 0 Å². The largest absolute Gasteiger partial charge is 0.394 e. The minimum atomic E-state index is -0.370. The zero-order chi connectivity index (χ0) is 13.0. The molecule has 1 amide bonds. The van der Waals surface area contributed by atoms with E-state index in [1.54, 1.807) is 4.90 Å². The summed E-state index contributed by atoms with van der Waals surface area (Å²) in [6.45, 7) is 4.56. The Morgan fingerprint density at radius 1 is 1.47 bits per heavy atom. The molecule has 1 N–H and O–H groups in total. The molecular weight excluding hydrogens is 218 g/mol. The molecule has 1 fully saturated rings. The molecule has 0 aromatic carbocycles. The molecule has 0 bridgehead atoms. The van der Waals surface area contributed by atoms with Crippen LogP contribution in [0.4, 0.5) is 0 Å². The number of nitrogens with zero attached hydrogens (tertiary/aromatic N) is 3. The van der Waals surface area contributed by atoms with E-state index < -0.39 is 0 Å². The number of likely N-dealkylation sites (N-methyl/N-ethyl adjacent to an activating group) is 2. The highest BCUT2D eigenvalue weighted by molar-refractivity contribution is 5.82. The van der Waals surface area contributed by atoms with E-state index in [1.807, 2.05) is 21.1 Å². The van der Waals surface area contributed by atoms with Crippen molar-refractivity contribution < 1.29 is 9.90 Å². The molecule has 17 heavy (non-hydrogen) atoms. The summed E-state index contributed by atoms with van der Waals surface area (Å²) in [7, 11) is 5.86. The van der Waals surface area contributed by atoms with Crippen molar-refractivity contribution in [1.82, 2.24) is 14.7 Å². The van der Waals surface area contributed by atoms with Crippen molar-refractivity contribution in [2.24, 2.45) is 0 Å². The summed E-state index contributed by atoms with van der Waals surface area (Å²) in [5.74, 6) is 0.0382. The molecule has 0 aromatic rings. The Morgan fingerprint density at radius 3 is 2.65 bits per heavy atom. The molecule has 0 spiro atoms. The van der Waals surface area contributed by atoms with E-state index in [-0.39, 0.29) is 24.6 Å². The normalized spacial score (nSPS) is 27.6. The minimum Gasteiger partial charge on any atom is -0.394 e. The van der Waals surface area contributed by atoms with Crippen molar-refractivity contribution in [3.63, 3.8) is 0 Å². The summed E-state index contributed by atoms with van der Waals surface area (Å²) in [4.78, 5) is 18.1. The minimum absolute atomic E-state index is 0.0382. The average Bonchev–Trinajstić information content (AvgIpc) is 2.38. The number of hydrogen-bond donors (Lipinski definition) is 1. The number of aliphatic hydroxyl groups excluding tert-OH is 1. The van der Waals surface area contributed by atoms with Crippen LogP contribution in [0.2, 0.25) is 0 Å². The van der Waals surface area contributed by atoms with Gasteiger partial charge in [-0.25, -0.2) is 0 Å². The van der Waals surface area contributed by atoms with E-state index in [0.29, 0.717) is 0 Å². The van der Waals surface area contributed by atoms with E-state index in [2.05, 4.69) is 16.7 Å². The molecule has 5 heteroatoms. The van der Waals surface area contributed by atoms with Crippen molar-refractivity contribution >= 4 is 5.91 Å². The van der Waals surface area contributed by atoms with E-state index in [0.717, 1.165) is 26.1 Å². The van der Waals surface area contributed by atoms with Gasteiger partial charge in [0, 0.05) is 32.7 Å². The first-order valence-corrected chi connectivity index (χ1v) is 6.23. The van der Waals surface area contributed by atoms with Crippen molar-refractivity contribution in [2.75, 3.05) is 47.4 Å². The number of rotatable bonds is 4. The summed E-state index contributed by atoms with van der Waals surface area (Å²) < 4.78 is 0. The van der Waals surface area contributed by atoms with Crippen molar-refractivity contribution in [1.29, 1.82) is 0 Å². The second kappa shape index (κ2) is 6.33. The summed E-state index contributed by atoms with van der Waals surface area (Å²) >= 11 is 0. The second-order valence-electron chi connectivity index (χ2n) is 5.12. The Morgan fingerprint density at radius 2 is 2.12 bits per heavy atom. The summed E-state index contributed by atoms with van der Waals surface area (Å²) in [6, 6.07) is -0.120. The van der Waals surface area contributed by atoms with Crippen LogP contribution >= 0.6 is 0 Å². The lowest BCUT2D eigenvalue weighted by atomic mass is 10.2. The molecule has 2 unspecified atom stereocenters. The summed E-state index contributed by atoms with van der Waals surface area (Å²) in [5, 5.41) is 9.42. The number of carbonyl (C=O) groups excluding carboxylic acids is 1. The Bertz CT molecular complexity index is 256. The standard InChI is InChI=1S/C12H25N3O2/c1-10-5-6-15(8-7-13(2)3)11(9-16)12(17)14(10)4/h10-11,16H,5-9H2,1-4H3. The van der Waals surface area contributed by atoms with Crippen LogP contribution < -0.4 is 0 Å². The van der Waals surface area contributed by atoms with Crippen molar-refractivity contribution in [2.45, 2.75) is 25.4 Å². The molecular formula is C12H25N3O2. The van der Waals surface area contributed by atoms with Gasteiger partial charge in [-0.15, -0.1) is 0 Å². The van der Waals surface area contributed by atoms with Crippen LogP contribution in [0.3, 0.4) is 0 Å². The van der Waals surface area contributed by atoms with Crippen LogP contribution in [0.1, 0.15) is 13.3 Å². The Balaban J connectivity index is 2.71. The van der Waals surface area contributed by atoms with Crippen LogP contribution in [0, 0.1) is 0 Å². The zero-order valence-electron chi connectivity index (χ0n) is 11.4. The maximum atomic E-state index is 12.2. The molecule has 1 aliphatic heterocycles. The average molecular weight is 243 g/mol.